The molecule has 2 rings (SSSR count). The fourth-order valence-corrected chi connectivity index (χ4v) is 2.30. The van der Waals surface area contributed by atoms with E-state index in [0.717, 1.165) is 0 Å². The lowest BCUT2D eigenvalue weighted by Crippen LogP contribution is -2.46. The third kappa shape index (κ3) is 4.06. The van der Waals surface area contributed by atoms with Crippen molar-refractivity contribution in [3.05, 3.63) is 65.2 Å². The van der Waals surface area contributed by atoms with E-state index >= 15 is 0 Å². The van der Waals surface area contributed by atoms with Crippen molar-refractivity contribution < 1.29 is 9.53 Å². The molecule has 0 aromatic heterocycles. The summed E-state index contributed by atoms with van der Waals surface area (Å²) < 4.78 is 5.49. The van der Waals surface area contributed by atoms with Crippen molar-refractivity contribution in [3.63, 3.8) is 0 Å². The SMILES string of the molecule is CC(C)(C)OC(=O)[C@](C#N)(Nc1ccccc1)c1ccc(Cl)cc1. The minimum Gasteiger partial charge on any atom is -0.457 e. The van der Waals surface area contributed by atoms with Crippen LogP contribution in [-0.4, -0.2) is 11.6 Å². The second kappa shape index (κ2) is 6.94. The molecule has 2 aromatic rings. The fourth-order valence-electron chi connectivity index (χ4n) is 2.17. The van der Waals surface area contributed by atoms with Crippen molar-refractivity contribution in [2.75, 3.05) is 5.32 Å². The maximum atomic E-state index is 12.9. The maximum absolute atomic E-state index is 12.9. The Kier molecular flexibility index (Phi) is 5.16. The number of hydrogen-bond acceptors (Lipinski definition) is 4. The molecule has 0 aliphatic carbocycles. The van der Waals surface area contributed by atoms with E-state index in [1.807, 2.05) is 18.2 Å². The van der Waals surface area contributed by atoms with Crippen LogP contribution < -0.4 is 5.32 Å². The highest BCUT2D eigenvalue weighted by molar-refractivity contribution is 6.30. The average molecular weight is 343 g/mol. The number of nitrogens with one attached hydrogen (secondary N) is 1. The van der Waals surface area contributed by atoms with E-state index in [-0.39, 0.29) is 0 Å². The van der Waals surface area contributed by atoms with Gasteiger partial charge in [-0.15, -0.1) is 0 Å². The van der Waals surface area contributed by atoms with E-state index in [1.165, 1.54) is 0 Å². The van der Waals surface area contributed by atoms with Gasteiger partial charge in [-0.2, -0.15) is 5.26 Å². The summed E-state index contributed by atoms with van der Waals surface area (Å²) in [6.45, 7) is 5.28. The first-order chi connectivity index (χ1) is 11.3. The second-order valence-electron chi connectivity index (χ2n) is 6.36. The molecular formula is C19H19ClN2O2. The number of ether oxygens (including phenoxy) is 1. The molecule has 0 bridgehead atoms. The predicted octanol–water partition coefficient (Wildman–Crippen LogP) is 4.51. The lowest BCUT2D eigenvalue weighted by molar-refractivity contribution is -0.158. The van der Waals surface area contributed by atoms with Gasteiger partial charge in [-0.1, -0.05) is 41.9 Å². The molecule has 0 fully saturated rings. The van der Waals surface area contributed by atoms with E-state index < -0.39 is 17.1 Å². The first-order valence-corrected chi connectivity index (χ1v) is 7.88. The molecule has 0 spiro atoms. The zero-order chi connectivity index (χ0) is 17.8. The topological polar surface area (TPSA) is 62.1 Å². The van der Waals surface area contributed by atoms with Crippen molar-refractivity contribution in [1.29, 1.82) is 5.26 Å². The van der Waals surface area contributed by atoms with Crippen LogP contribution in [0.5, 0.6) is 0 Å². The largest absolute Gasteiger partial charge is 0.457 e. The zero-order valence-electron chi connectivity index (χ0n) is 13.8. The number of hydrogen-bond donors (Lipinski definition) is 1. The Hall–Kier alpha value is -2.51. The Morgan fingerprint density at radius 1 is 1.08 bits per heavy atom. The maximum Gasteiger partial charge on any atom is 0.352 e. The van der Waals surface area contributed by atoms with Gasteiger partial charge in [0.1, 0.15) is 11.7 Å². The van der Waals surface area contributed by atoms with Gasteiger partial charge >= 0.3 is 5.97 Å². The van der Waals surface area contributed by atoms with Gasteiger partial charge in [0.15, 0.2) is 0 Å². The molecule has 0 unspecified atom stereocenters. The predicted molar refractivity (Wildman–Crippen MR) is 94.7 cm³/mol. The Morgan fingerprint density at radius 2 is 1.67 bits per heavy atom. The monoisotopic (exact) mass is 342 g/mol. The number of nitrogens with zero attached hydrogens (tertiary/aromatic N) is 1. The number of para-hydroxylation sites is 1. The summed E-state index contributed by atoms with van der Waals surface area (Å²) in [5.74, 6) is -0.663. The van der Waals surface area contributed by atoms with E-state index in [2.05, 4.69) is 11.4 Å². The van der Waals surface area contributed by atoms with Crippen LogP contribution in [0.15, 0.2) is 54.6 Å². The van der Waals surface area contributed by atoms with Gasteiger partial charge in [0.05, 0.1) is 0 Å². The van der Waals surface area contributed by atoms with E-state index in [4.69, 9.17) is 16.3 Å². The molecule has 0 aliphatic heterocycles. The minimum atomic E-state index is -1.67. The van der Waals surface area contributed by atoms with E-state index in [1.54, 1.807) is 57.2 Å². The highest BCUT2D eigenvalue weighted by Crippen LogP contribution is 2.30. The van der Waals surface area contributed by atoms with Crippen LogP contribution >= 0.6 is 11.6 Å². The Bertz CT molecular complexity index is 746. The molecule has 24 heavy (non-hydrogen) atoms. The quantitative estimate of drug-likeness (QED) is 0.830. The van der Waals surface area contributed by atoms with Gasteiger partial charge in [0, 0.05) is 16.3 Å². The van der Waals surface area contributed by atoms with Crippen molar-refractivity contribution >= 4 is 23.3 Å². The first-order valence-electron chi connectivity index (χ1n) is 7.51. The molecular weight excluding hydrogens is 324 g/mol. The number of nitriles is 1. The van der Waals surface area contributed by atoms with Crippen LogP contribution in [-0.2, 0) is 15.1 Å². The van der Waals surface area contributed by atoms with Gasteiger partial charge in [-0.25, -0.2) is 4.79 Å². The summed E-state index contributed by atoms with van der Waals surface area (Å²) in [5, 5.41) is 13.4. The molecule has 0 radical (unpaired) electrons. The molecule has 0 saturated heterocycles. The second-order valence-corrected chi connectivity index (χ2v) is 6.80. The summed E-state index contributed by atoms with van der Waals surface area (Å²) >= 11 is 5.93. The zero-order valence-corrected chi connectivity index (χ0v) is 14.6. The summed E-state index contributed by atoms with van der Waals surface area (Å²) in [5.41, 5.74) is -1.28. The van der Waals surface area contributed by atoms with Crippen molar-refractivity contribution in [1.82, 2.24) is 0 Å². The number of carbonyl (C=O) groups excluding carboxylic acids is 1. The van der Waals surface area contributed by atoms with Crippen molar-refractivity contribution in [3.8, 4) is 6.07 Å². The third-order valence-corrected chi connectivity index (χ3v) is 3.51. The number of carbonyl (C=O) groups is 1. The van der Waals surface area contributed by atoms with Crippen LogP contribution in [0.1, 0.15) is 26.3 Å². The van der Waals surface area contributed by atoms with Gasteiger partial charge in [-0.05, 0) is 45.0 Å². The summed E-state index contributed by atoms with van der Waals surface area (Å²) in [6.07, 6.45) is 0. The van der Waals surface area contributed by atoms with Crippen LogP contribution in [0.2, 0.25) is 5.02 Å². The average Bonchev–Trinajstić information content (AvgIpc) is 2.53. The fraction of sp³-hybridized carbons (Fsp3) is 0.263. The number of benzene rings is 2. The van der Waals surface area contributed by atoms with Gasteiger partial charge < -0.3 is 10.1 Å². The highest BCUT2D eigenvalue weighted by Gasteiger charge is 2.44. The molecule has 0 amide bonds. The van der Waals surface area contributed by atoms with Crippen LogP contribution in [0.4, 0.5) is 5.69 Å². The summed E-state index contributed by atoms with van der Waals surface area (Å²) in [4.78, 5) is 12.9. The number of esters is 1. The number of rotatable bonds is 4. The van der Waals surface area contributed by atoms with Crippen molar-refractivity contribution in [2.24, 2.45) is 0 Å². The van der Waals surface area contributed by atoms with Gasteiger partial charge in [-0.3, -0.25) is 0 Å². The Morgan fingerprint density at radius 3 is 2.17 bits per heavy atom. The molecule has 5 heteroatoms. The molecule has 4 nitrogen and oxygen atoms in total. The molecule has 1 N–H and O–H groups in total. The molecule has 124 valence electrons. The third-order valence-electron chi connectivity index (χ3n) is 3.26. The molecule has 1 atom stereocenters. The lowest BCUT2D eigenvalue weighted by Gasteiger charge is -2.31. The summed E-state index contributed by atoms with van der Waals surface area (Å²) in [6, 6.07) is 17.7. The van der Waals surface area contributed by atoms with E-state index in [9.17, 15) is 10.1 Å². The minimum absolute atomic E-state index is 0.465. The van der Waals surface area contributed by atoms with E-state index in [0.29, 0.717) is 16.3 Å². The standard InChI is InChI=1S/C19H19ClN2O2/c1-18(2,3)24-17(23)19(13-21,14-9-11-15(20)12-10-14)22-16-7-5-4-6-8-16/h4-12,22H,1-3H3/t19-/m1/s1. The van der Waals surface area contributed by atoms with Gasteiger partial charge in [0.2, 0.25) is 5.54 Å². The van der Waals surface area contributed by atoms with Crippen LogP contribution in [0.25, 0.3) is 0 Å². The molecule has 0 saturated carbocycles. The number of halogens is 1. The molecule has 2 aromatic carbocycles. The van der Waals surface area contributed by atoms with Gasteiger partial charge in [0.25, 0.3) is 0 Å². The Balaban J connectivity index is 2.52. The highest BCUT2D eigenvalue weighted by atomic mass is 35.5. The van der Waals surface area contributed by atoms with Crippen molar-refractivity contribution in [2.45, 2.75) is 31.9 Å². The smallest absolute Gasteiger partial charge is 0.352 e. The molecule has 0 aliphatic rings. The lowest BCUT2D eigenvalue weighted by atomic mass is 9.90. The molecule has 0 heterocycles. The normalized spacial score (nSPS) is 13.5. The van der Waals surface area contributed by atoms with Crippen LogP contribution in [0.3, 0.4) is 0 Å². The van der Waals surface area contributed by atoms with Crippen LogP contribution in [0, 0.1) is 11.3 Å². The first kappa shape index (κ1) is 17.8. The Labute approximate surface area is 147 Å². The number of anilines is 1. The summed E-state index contributed by atoms with van der Waals surface area (Å²) in [7, 11) is 0.